The monoisotopic (exact) mass is 351 g/mol. The molecule has 0 amide bonds. The third-order valence-corrected chi connectivity index (χ3v) is 3.34. The summed E-state index contributed by atoms with van der Waals surface area (Å²) in [7, 11) is 0. The van der Waals surface area contributed by atoms with Gasteiger partial charge in [0.15, 0.2) is 0 Å². The Kier molecular flexibility index (Phi) is 4.18. The number of halogens is 1. The zero-order valence-electron chi connectivity index (χ0n) is 10.8. The fourth-order valence-electron chi connectivity index (χ4n) is 1.65. The molecule has 21 heavy (non-hydrogen) atoms. The normalized spacial score (nSPS) is 10.2. The average Bonchev–Trinajstić information content (AvgIpc) is 2.41. The molecule has 7 nitrogen and oxygen atoms in total. The largest absolute Gasteiger partial charge is 0.478 e. The van der Waals surface area contributed by atoms with Crippen molar-refractivity contribution in [2.75, 3.05) is 5.32 Å². The van der Waals surface area contributed by atoms with E-state index < -0.39 is 16.6 Å². The second kappa shape index (κ2) is 5.88. The fourth-order valence-corrected chi connectivity index (χ4v) is 2.25. The Balaban J connectivity index is 2.44. The predicted octanol–water partition coefficient (Wildman–Crippen LogP) is 3.50. The van der Waals surface area contributed by atoms with E-state index in [1.54, 1.807) is 6.07 Å². The molecule has 1 aromatic heterocycles. The number of carboxylic acid groups (broad SMARTS) is 1. The molecule has 2 N–H and O–H groups in total. The van der Waals surface area contributed by atoms with E-state index in [-0.39, 0.29) is 11.4 Å². The summed E-state index contributed by atoms with van der Waals surface area (Å²) in [5.41, 5.74) is 0.980. The minimum Gasteiger partial charge on any atom is -0.478 e. The van der Waals surface area contributed by atoms with Crippen molar-refractivity contribution in [1.29, 1.82) is 0 Å². The van der Waals surface area contributed by atoms with Gasteiger partial charge in [-0.3, -0.25) is 10.1 Å². The van der Waals surface area contributed by atoms with Gasteiger partial charge in [0.1, 0.15) is 0 Å². The fraction of sp³-hybridized carbons (Fsp3) is 0.0769. The van der Waals surface area contributed by atoms with Crippen LogP contribution in [0.4, 0.5) is 17.2 Å². The van der Waals surface area contributed by atoms with Crippen LogP contribution in [0.3, 0.4) is 0 Å². The van der Waals surface area contributed by atoms with Gasteiger partial charge in [0, 0.05) is 16.7 Å². The van der Waals surface area contributed by atoms with Crippen LogP contribution in [-0.2, 0) is 0 Å². The molecule has 0 aliphatic heterocycles. The van der Waals surface area contributed by atoms with Crippen molar-refractivity contribution in [3.63, 3.8) is 0 Å². The van der Waals surface area contributed by atoms with Crippen molar-refractivity contribution in [2.24, 2.45) is 0 Å². The van der Waals surface area contributed by atoms with Crippen LogP contribution in [0.15, 0.2) is 34.9 Å². The summed E-state index contributed by atoms with van der Waals surface area (Å²) in [6, 6.07) is 6.40. The van der Waals surface area contributed by atoms with Gasteiger partial charge in [0.2, 0.25) is 5.82 Å². The SMILES string of the molecule is Cc1ccc(Nc2ncc(C(=O)O)cc2[N+](=O)[O-])c(Br)c1. The molecule has 2 rings (SSSR count). The Bertz CT molecular complexity index is 733. The van der Waals surface area contributed by atoms with Gasteiger partial charge in [0.25, 0.3) is 0 Å². The third-order valence-electron chi connectivity index (χ3n) is 2.69. The summed E-state index contributed by atoms with van der Waals surface area (Å²) < 4.78 is 0.723. The Morgan fingerprint density at radius 1 is 1.43 bits per heavy atom. The lowest BCUT2D eigenvalue weighted by Crippen LogP contribution is -2.04. The molecule has 0 aliphatic rings. The zero-order chi connectivity index (χ0) is 15.6. The molecule has 0 aliphatic carbocycles. The van der Waals surface area contributed by atoms with Gasteiger partial charge in [-0.15, -0.1) is 0 Å². The molecule has 0 radical (unpaired) electrons. The molecular weight excluding hydrogens is 342 g/mol. The van der Waals surface area contributed by atoms with E-state index in [4.69, 9.17) is 5.11 Å². The molecule has 0 bridgehead atoms. The number of nitro groups is 1. The summed E-state index contributed by atoms with van der Waals surface area (Å²) in [5.74, 6) is -1.29. The van der Waals surface area contributed by atoms with Crippen molar-refractivity contribution in [3.8, 4) is 0 Å². The molecule has 8 heteroatoms. The van der Waals surface area contributed by atoms with Gasteiger partial charge in [-0.05, 0) is 40.5 Å². The Morgan fingerprint density at radius 2 is 2.14 bits per heavy atom. The van der Waals surface area contributed by atoms with Crippen molar-refractivity contribution in [1.82, 2.24) is 4.98 Å². The number of nitrogens with one attached hydrogen (secondary N) is 1. The minimum absolute atomic E-state index is 0.0189. The number of nitrogens with zero attached hydrogens (tertiary/aromatic N) is 2. The first-order valence-corrected chi connectivity index (χ1v) is 6.58. The van der Waals surface area contributed by atoms with Gasteiger partial charge in [-0.2, -0.15) is 0 Å². The van der Waals surface area contributed by atoms with Gasteiger partial charge < -0.3 is 10.4 Å². The second-order valence-electron chi connectivity index (χ2n) is 4.26. The number of hydrogen-bond donors (Lipinski definition) is 2. The van der Waals surface area contributed by atoms with Crippen LogP contribution < -0.4 is 5.32 Å². The van der Waals surface area contributed by atoms with Crippen LogP contribution >= 0.6 is 15.9 Å². The number of pyridine rings is 1. The maximum atomic E-state index is 11.0. The Hall–Kier alpha value is -2.48. The highest BCUT2D eigenvalue weighted by Crippen LogP contribution is 2.30. The van der Waals surface area contributed by atoms with Crippen LogP contribution in [0, 0.1) is 17.0 Å². The summed E-state index contributed by atoms with van der Waals surface area (Å²) >= 11 is 3.35. The number of aromatic nitrogens is 1. The summed E-state index contributed by atoms with van der Waals surface area (Å²) in [6.45, 7) is 1.91. The number of carbonyl (C=O) groups is 1. The molecule has 2 aromatic rings. The van der Waals surface area contributed by atoms with Gasteiger partial charge in [0.05, 0.1) is 16.2 Å². The minimum atomic E-state index is -1.27. The molecule has 1 aromatic carbocycles. The van der Waals surface area contributed by atoms with Crippen LogP contribution in [0.2, 0.25) is 0 Å². The lowest BCUT2D eigenvalue weighted by Gasteiger charge is -2.09. The van der Waals surface area contributed by atoms with E-state index >= 15 is 0 Å². The van der Waals surface area contributed by atoms with Crippen molar-refractivity contribution < 1.29 is 14.8 Å². The highest BCUT2D eigenvalue weighted by molar-refractivity contribution is 9.10. The first-order valence-electron chi connectivity index (χ1n) is 5.79. The second-order valence-corrected chi connectivity index (χ2v) is 5.12. The van der Waals surface area contributed by atoms with Crippen LogP contribution in [-0.4, -0.2) is 21.0 Å². The van der Waals surface area contributed by atoms with E-state index in [1.807, 2.05) is 19.1 Å². The van der Waals surface area contributed by atoms with Gasteiger partial charge >= 0.3 is 11.7 Å². The molecule has 0 saturated heterocycles. The number of carboxylic acids is 1. The van der Waals surface area contributed by atoms with Crippen molar-refractivity contribution in [3.05, 3.63) is 56.2 Å². The maximum Gasteiger partial charge on any atom is 0.337 e. The van der Waals surface area contributed by atoms with Crippen LogP contribution in [0.5, 0.6) is 0 Å². The predicted molar refractivity (Wildman–Crippen MR) is 80.0 cm³/mol. The molecule has 0 spiro atoms. The number of aromatic carboxylic acids is 1. The molecule has 108 valence electrons. The zero-order valence-corrected chi connectivity index (χ0v) is 12.4. The third kappa shape index (κ3) is 3.34. The lowest BCUT2D eigenvalue weighted by atomic mass is 10.2. The Labute approximate surface area is 127 Å². The quantitative estimate of drug-likeness (QED) is 0.644. The number of benzene rings is 1. The summed E-state index contributed by atoms with van der Waals surface area (Å²) in [4.78, 5) is 25.0. The maximum absolute atomic E-state index is 11.0. The highest BCUT2D eigenvalue weighted by atomic mass is 79.9. The van der Waals surface area contributed by atoms with Crippen molar-refractivity contribution >= 4 is 39.1 Å². The Morgan fingerprint density at radius 3 is 2.71 bits per heavy atom. The van der Waals surface area contributed by atoms with Crippen LogP contribution in [0.25, 0.3) is 0 Å². The number of hydrogen-bond acceptors (Lipinski definition) is 5. The topological polar surface area (TPSA) is 105 Å². The summed E-state index contributed by atoms with van der Waals surface area (Å²) in [6.07, 6.45) is 1.07. The molecule has 0 saturated carbocycles. The molecule has 1 heterocycles. The van der Waals surface area contributed by atoms with E-state index in [1.165, 1.54) is 0 Å². The molecular formula is C13H10BrN3O4. The van der Waals surface area contributed by atoms with Gasteiger partial charge in [-0.1, -0.05) is 6.07 Å². The van der Waals surface area contributed by atoms with Crippen LogP contribution in [0.1, 0.15) is 15.9 Å². The standard InChI is InChI=1S/C13H10BrN3O4/c1-7-2-3-10(9(14)4-7)16-12-11(17(20)21)5-8(6-15-12)13(18)19/h2-6H,1H3,(H,15,16)(H,18,19). The van der Waals surface area contributed by atoms with E-state index in [9.17, 15) is 14.9 Å². The molecule has 0 atom stereocenters. The average molecular weight is 352 g/mol. The molecule has 0 fully saturated rings. The lowest BCUT2D eigenvalue weighted by molar-refractivity contribution is -0.384. The van der Waals surface area contributed by atoms with E-state index in [2.05, 4.69) is 26.2 Å². The van der Waals surface area contributed by atoms with Gasteiger partial charge in [-0.25, -0.2) is 9.78 Å². The van der Waals surface area contributed by atoms with E-state index in [0.29, 0.717) is 5.69 Å². The number of aryl methyl sites for hydroxylation is 1. The first-order chi connectivity index (χ1) is 9.88. The summed E-state index contributed by atoms with van der Waals surface area (Å²) in [5, 5.41) is 22.7. The van der Waals surface area contributed by atoms with E-state index in [0.717, 1.165) is 22.3 Å². The van der Waals surface area contributed by atoms with Crippen molar-refractivity contribution in [2.45, 2.75) is 6.92 Å². The first kappa shape index (κ1) is 14.9. The number of anilines is 2. The highest BCUT2D eigenvalue weighted by Gasteiger charge is 2.19. The molecule has 0 unspecified atom stereocenters. The number of rotatable bonds is 4. The smallest absolute Gasteiger partial charge is 0.337 e.